The highest BCUT2D eigenvalue weighted by Crippen LogP contribution is 2.24. The number of benzene rings is 1. The van der Waals surface area contributed by atoms with Gasteiger partial charge in [-0.3, -0.25) is 4.31 Å². The Morgan fingerprint density at radius 3 is 2.35 bits per heavy atom. The average molecular weight is 268 g/mol. The molecule has 0 radical (unpaired) electrons. The summed E-state index contributed by atoms with van der Waals surface area (Å²) in [5.41, 5.74) is 4.53. The van der Waals surface area contributed by atoms with E-state index in [-0.39, 0.29) is 6.54 Å². The highest BCUT2D eigenvalue weighted by Gasteiger charge is 2.23. The van der Waals surface area contributed by atoms with Crippen LogP contribution in [0.1, 0.15) is 0 Å². The fourth-order valence-corrected chi connectivity index (χ4v) is 2.21. The van der Waals surface area contributed by atoms with Crippen molar-refractivity contribution in [3.63, 3.8) is 0 Å². The minimum atomic E-state index is -3.84. The van der Waals surface area contributed by atoms with Crippen molar-refractivity contribution in [2.24, 2.45) is 5.73 Å². The quantitative estimate of drug-likeness (QED) is 0.823. The van der Waals surface area contributed by atoms with Crippen molar-refractivity contribution < 1.29 is 21.6 Å². The SMILES string of the molecule is CN(c1ccc(F)c(F)c1F)S(=O)(=O)CCN. The zero-order valence-corrected chi connectivity index (χ0v) is 9.77. The van der Waals surface area contributed by atoms with E-state index in [0.29, 0.717) is 10.4 Å². The van der Waals surface area contributed by atoms with Gasteiger partial charge >= 0.3 is 0 Å². The van der Waals surface area contributed by atoms with Crippen molar-refractivity contribution in [3.8, 4) is 0 Å². The van der Waals surface area contributed by atoms with Crippen LogP contribution in [0, 0.1) is 17.5 Å². The number of hydrogen-bond acceptors (Lipinski definition) is 3. The first-order valence-corrected chi connectivity index (χ1v) is 6.22. The highest BCUT2D eigenvalue weighted by molar-refractivity contribution is 7.92. The molecule has 0 unspecified atom stereocenters. The lowest BCUT2D eigenvalue weighted by Gasteiger charge is -2.19. The molecule has 0 aliphatic rings. The highest BCUT2D eigenvalue weighted by atomic mass is 32.2. The first-order chi connectivity index (χ1) is 7.81. The van der Waals surface area contributed by atoms with Crippen LogP contribution in [0.25, 0.3) is 0 Å². The molecule has 0 spiro atoms. The monoisotopic (exact) mass is 268 g/mol. The zero-order chi connectivity index (χ0) is 13.2. The lowest BCUT2D eigenvalue weighted by atomic mass is 10.3. The molecular weight excluding hydrogens is 257 g/mol. The average Bonchev–Trinajstić information content (AvgIpc) is 2.25. The summed E-state index contributed by atoms with van der Waals surface area (Å²) < 4.78 is 62.5. The summed E-state index contributed by atoms with van der Waals surface area (Å²) in [6.45, 7) is -0.155. The molecule has 0 saturated heterocycles. The number of sulfonamides is 1. The van der Waals surface area contributed by atoms with Gasteiger partial charge in [-0.05, 0) is 12.1 Å². The fraction of sp³-hybridized carbons (Fsp3) is 0.333. The van der Waals surface area contributed by atoms with Crippen LogP contribution in [0.15, 0.2) is 12.1 Å². The summed E-state index contributed by atoms with van der Waals surface area (Å²) in [7, 11) is -2.79. The number of anilines is 1. The molecule has 4 nitrogen and oxygen atoms in total. The van der Waals surface area contributed by atoms with Crippen LogP contribution >= 0.6 is 0 Å². The largest absolute Gasteiger partial charge is 0.329 e. The third-order valence-corrected chi connectivity index (χ3v) is 3.93. The van der Waals surface area contributed by atoms with Gasteiger partial charge in [-0.25, -0.2) is 21.6 Å². The van der Waals surface area contributed by atoms with Gasteiger partial charge in [-0.15, -0.1) is 0 Å². The maximum Gasteiger partial charge on any atom is 0.236 e. The topological polar surface area (TPSA) is 63.4 Å². The first-order valence-electron chi connectivity index (χ1n) is 4.61. The Labute approximate surface area is 96.9 Å². The molecule has 0 aromatic heterocycles. The Bertz CT molecular complexity index is 519. The molecule has 17 heavy (non-hydrogen) atoms. The van der Waals surface area contributed by atoms with Gasteiger partial charge in [0.1, 0.15) is 0 Å². The number of halogens is 3. The van der Waals surface area contributed by atoms with Crippen molar-refractivity contribution >= 4 is 15.7 Å². The van der Waals surface area contributed by atoms with Crippen LogP contribution in [0.2, 0.25) is 0 Å². The smallest absolute Gasteiger partial charge is 0.236 e. The molecule has 0 amide bonds. The van der Waals surface area contributed by atoms with Crippen LogP contribution in [-0.2, 0) is 10.0 Å². The minimum Gasteiger partial charge on any atom is -0.329 e. The molecule has 1 rings (SSSR count). The van der Waals surface area contributed by atoms with Gasteiger partial charge in [0.05, 0.1) is 11.4 Å². The molecule has 0 atom stereocenters. The van der Waals surface area contributed by atoms with Crippen LogP contribution in [0.5, 0.6) is 0 Å². The molecule has 0 bridgehead atoms. The molecule has 2 N–H and O–H groups in total. The van der Waals surface area contributed by atoms with E-state index < -0.39 is 38.9 Å². The third kappa shape index (κ3) is 2.70. The summed E-state index contributed by atoms with van der Waals surface area (Å²) in [6.07, 6.45) is 0. The predicted molar refractivity (Wildman–Crippen MR) is 57.6 cm³/mol. The second-order valence-corrected chi connectivity index (χ2v) is 5.39. The Morgan fingerprint density at radius 2 is 1.82 bits per heavy atom. The fourth-order valence-electron chi connectivity index (χ4n) is 1.19. The van der Waals surface area contributed by atoms with Crippen LogP contribution in [-0.4, -0.2) is 27.8 Å². The summed E-state index contributed by atoms with van der Waals surface area (Å²) in [5, 5.41) is 0. The Morgan fingerprint density at radius 1 is 1.24 bits per heavy atom. The molecular formula is C9H11F3N2O2S. The zero-order valence-electron chi connectivity index (χ0n) is 8.95. The molecule has 0 saturated carbocycles. The predicted octanol–water partition coefficient (Wildman–Crippen LogP) is 0.829. The molecule has 96 valence electrons. The second kappa shape index (κ2) is 4.92. The van der Waals surface area contributed by atoms with Gasteiger partial charge in [0.25, 0.3) is 0 Å². The molecule has 0 heterocycles. The maximum atomic E-state index is 13.3. The number of hydrogen-bond donors (Lipinski definition) is 1. The summed E-state index contributed by atoms with van der Waals surface area (Å²) in [5.74, 6) is -5.05. The van der Waals surface area contributed by atoms with Crippen molar-refractivity contribution in [1.82, 2.24) is 0 Å². The first kappa shape index (κ1) is 13.8. The summed E-state index contributed by atoms with van der Waals surface area (Å²) in [6, 6.07) is 1.50. The lowest BCUT2D eigenvalue weighted by molar-refractivity contribution is 0.448. The number of nitrogens with two attached hydrogens (primary N) is 1. The van der Waals surface area contributed by atoms with Gasteiger partial charge in [0, 0.05) is 13.6 Å². The molecule has 0 aliphatic carbocycles. The van der Waals surface area contributed by atoms with E-state index in [1.165, 1.54) is 0 Å². The van der Waals surface area contributed by atoms with Crippen molar-refractivity contribution in [1.29, 1.82) is 0 Å². The Kier molecular flexibility index (Phi) is 3.99. The molecule has 1 aromatic rings. The van der Waals surface area contributed by atoms with Gasteiger partial charge in [-0.2, -0.15) is 0 Å². The van der Waals surface area contributed by atoms with E-state index >= 15 is 0 Å². The van der Waals surface area contributed by atoms with E-state index in [9.17, 15) is 21.6 Å². The second-order valence-electron chi connectivity index (χ2n) is 3.27. The molecule has 0 aliphatic heterocycles. The summed E-state index contributed by atoms with van der Waals surface area (Å²) in [4.78, 5) is 0. The van der Waals surface area contributed by atoms with Gasteiger partial charge in [0.15, 0.2) is 17.5 Å². The van der Waals surface area contributed by atoms with Crippen LogP contribution < -0.4 is 10.0 Å². The third-order valence-electron chi connectivity index (χ3n) is 2.15. The number of rotatable bonds is 4. The van der Waals surface area contributed by atoms with Gasteiger partial charge in [-0.1, -0.05) is 0 Å². The van der Waals surface area contributed by atoms with Gasteiger partial charge in [0.2, 0.25) is 10.0 Å². The number of nitrogens with zero attached hydrogens (tertiary/aromatic N) is 1. The van der Waals surface area contributed by atoms with E-state index in [2.05, 4.69) is 0 Å². The van der Waals surface area contributed by atoms with Crippen LogP contribution in [0.4, 0.5) is 18.9 Å². The van der Waals surface area contributed by atoms with E-state index in [1.807, 2.05) is 0 Å². The standard InChI is InChI=1S/C9H11F3N2O2S/c1-14(17(15,16)5-4-13)7-3-2-6(10)8(11)9(7)12/h2-3H,4-5,13H2,1H3. The summed E-state index contributed by atoms with van der Waals surface area (Å²) >= 11 is 0. The molecule has 1 aromatic carbocycles. The normalized spacial score (nSPS) is 11.6. The van der Waals surface area contributed by atoms with E-state index in [4.69, 9.17) is 5.73 Å². The van der Waals surface area contributed by atoms with Gasteiger partial charge < -0.3 is 5.73 Å². The van der Waals surface area contributed by atoms with Crippen molar-refractivity contribution in [3.05, 3.63) is 29.6 Å². The van der Waals surface area contributed by atoms with Crippen molar-refractivity contribution in [2.45, 2.75) is 0 Å². The Balaban J connectivity index is 3.23. The molecule has 0 fully saturated rings. The van der Waals surface area contributed by atoms with E-state index in [0.717, 1.165) is 13.1 Å². The minimum absolute atomic E-state index is 0.155. The Hall–Kier alpha value is -1.28. The maximum absolute atomic E-state index is 13.3. The van der Waals surface area contributed by atoms with E-state index in [1.54, 1.807) is 0 Å². The van der Waals surface area contributed by atoms with Crippen LogP contribution in [0.3, 0.4) is 0 Å². The molecule has 8 heteroatoms. The van der Waals surface area contributed by atoms with Crippen molar-refractivity contribution in [2.75, 3.05) is 23.7 Å². The lowest BCUT2D eigenvalue weighted by Crippen LogP contribution is -2.32.